The van der Waals surface area contributed by atoms with Crippen molar-refractivity contribution >= 4 is 32.4 Å². The maximum atomic E-state index is 13.1. The first-order chi connectivity index (χ1) is 13.3. The molecule has 0 heterocycles. The molecule has 0 atom stereocenters. The summed E-state index contributed by atoms with van der Waals surface area (Å²) in [5.74, 6) is -0.788. The Balaban J connectivity index is 1.82. The normalized spacial score (nSPS) is 11.7. The van der Waals surface area contributed by atoms with E-state index in [0.29, 0.717) is 12.2 Å². The smallest absolute Gasteiger partial charge is 0.243 e. The number of nitrogens with zero attached hydrogens (tertiary/aromatic N) is 2. The average Bonchev–Trinajstić information content (AvgIpc) is 2.69. The second-order valence-electron chi connectivity index (χ2n) is 6.38. The second-order valence-corrected chi connectivity index (χ2v) is 8.43. The first kappa shape index (κ1) is 20.0. The molecule has 0 saturated heterocycles. The second kappa shape index (κ2) is 8.08. The van der Waals surface area contributed by atoms with Crippen LogP contribution in [0, 0.1) is 5.82 Å². The molecule has 0 unspecified atom stereocenters. The molecule has 3 rings (SSSR count). The fourth-order valence-corrected chi connectivity index (χ4v) is 4.15. The third kappa shape index (κ3) is 4.05. The standard InChI is InChI=1S/C21H21FN2O3S/c1-3-24(19-11-9-18(22)10-12-19)21(25)15-23(2)28(26,27)20-13-8-16-6-4-5-7-17(16)14-20/h4-14H,3,15H2,1-2H3. The van der Waals surface area contributed by atoms with Crippen LogP contribution in [-0.2, 0) is 14.8 Å². The Kier molecular flexibility index (Phi) is 5.76. The summed E-state index contributed by atoms with van der Waals surface area (Å²) in [6.45, 7) is 1.80. The summed E-state index contributed by atoms with van der Waals surface area (Å²) in [4.78, 5) is 14.2. The van der Waals surface area contributed by atoms with Gasteiger partial charge in [0.2, 0.25) is 15.9 Å². The van der Waals surface area contributed by atoms with Crippen LogP contribution in [0.5, 0.6) is 0 Å². The molecule has 5 nitrogen and oxygen atoms in total. The minimum atomic E-state index is -3.83. The molecule has 3 aromatic rings. The predicted octanol–water partition coefficient (Wildman–Crippen LogP) is 3.65. The molecule has 3 aromatic carbocycles. The lowest BCUT2D eigenvalue weighted by atomic mass is 10.1. The number of hydrogen-bond acceptors (Lipinski definition) is 3. The van der Waals surface area contributed by atoms with Gasteiger partial charge in [-0.05, 0) is 54.1 Å². The summed E-state index contributed by atoms with van der Waals surface area (Å²) >= 11 is 0. The Hall–Kier alpha value is -2.77. The number of fused-ring (bicyclic) bond motifs is 1. The van der Waals surface area contributed by atoms with Crippen molar-refractivity contribution in [1.82, 2.24) is 4.31 Å². The number of benzene rings is 3. The predicted molar refractivity (Wildman–Crippen MR) is 108 cm³/mol. The van der Waals surface area contributed by atoms with E-state index < -0.39 is 15.8 Å². The topological polar surface area (TPSA) is 57.7 Å². The number of carbonyl (C=O) groups is 1. The monoisotopic (exact) mass is 400 g/mol. The SMILES string of the molecule is CCN(C(=O)CN(C)S(=O)(=O)c1ccc2ccccc2c1)c1ccc(F)cc1. The number of hydrogen-bond donors (Lipinski definition) is 0. The molecular formula is C21H21FN2O3S. The van der Waals surface area contributed by atoms with Gasteiger partial charge in [0, 0.05) is 19.3 Å². The highest BCUT2D eigenvalue weighted by molar-refractivity contribution is 7.89. The van der Waals surface area contributed by atoms with Gasteiger partial charge in [0.25, 0.3) is 0 Å². The highest BCUT2D eigenvalue weighted by Gasteiger charge is 2.25. The molecule has 1 amide bonds. The van der Waals surface area contributed by atoms with Crippen molar-refractivity contribution in [1.29, 1.82) is 0 Å². The number of halogens is 1. The van der Waals surface area contributed by atoms with Gasteiger partial charge in [0.1, 0.15) is 5.82 Å². The molecule has 0 radical (unpaired) electrons. The zero-order valence-corrected chi connectivity index (χ0v) is 16.5. The highest BCUT2D eigenvalue weighted by Crippen LogP contribution is 2.22. The molecule has 0 aromatic heterocycles. The largest absolute Gasteiger partial charge is 0.312 e. The van der Waals surface area contributed by atoms with Crippen LogP contribution in [0.4, 0.5) is 10.1 Å². The van der Waals surface area contributed by atoms with Gasteiger partial charge in [-0.3, -0.25) is 4.79 Å². The number of rotatable bonds is 6. The molecule has 7 heteroatoms. The van der Waals surface area contributed by atoms with Gasteiger partial charge < -0.3 is 4.90 Å². The number of anilines is 1. The molecule has 28 heavy (non-hydrogen) atoms. The van der Waals surface area contributed by atoms with Gasteiger partial charge >= 0.3 is 0 Å². The van der Waals surface area contributed by atoms with Crippen molar-refractivity contribution in [3.8, 4) is 0 Å². The van der Waals surface area contributed by atoms with E-state index in [4.69, 9.17) is 0 Å². The Labute approximate surface area is 164 Å². The van der Waals surface area contributed by atoms with E-state index in [2.05, 4.69) is 0 Å². The summed E-state index contributed by atoms with van der Waals surface area (Å²) in [5.41, 5.74) is 0.519. The fourth-order valence-electron chi connectivity index (χ4n) is 2.99. The summed E-state index contributed by atoms with van der Waals surface area (Å²) in [7, 11) is -2.45. The van der Waals surface area contributed by atoms with Crippen LogP contribution in [0.25, 0.3) is 10.8 Å². The average molecular weight is 400 g/mol. The fraction of sp³-hybridized carbons (Fsp3) is 0.190. The van der Waals surface area contributed by atoms with Gasteiger partial charge in [-0.2, -0.15) is 4.31 Å². The zero-order valence-electron chi connectivity index (χ0n) is 15.7. The van der Waals surface area contributed by atoms with Crippen molar-refractivity contribution in [3.05, 3.63) is 72.5 Å². The maximum absolute atomic E-state index is 13.1. The van der Waals surface area contributed by atoms with Crippen LogP contribution < -0.4 is 4.90 Å². The van der Waals surface area contributed by atoms with Gasteiger partial charge in [0.05, 0.1) is 11.4 Å². The summed E-state index contributed by atoms with van der Waals surface area (Å²) in [5, 5.41) is 1.75. The highest BCUT2D eigenvalue weighted by atomic mass is 32.2. The van der Waals surface area contributed by atoms with Crippen molar-refractivity contribution in [2.75, 3.05) is 25.0 Å². The number of likely N-dealkylation sites (N-methyl/N-ethyl adjacent to an activating group) is 2. The third-order valence-corrected chi connectivity index (χ3v) is 6.34. The minimum absolute atomic E-state index is 0.131. The Bertz CT molecular complexity index is 1100. The number of sulfonamides is 1. The third-order valence-electron chi connectivity index (χ3n) is 4.54. The Morgan fingerprint density at radius 3 is 2.25 bits per heavy atom. The summed E-state index contributed by atoms with van der Waals surface area (Å²) < 4.78 is 40.0. The van der Waals surface area contributed by atoms with E-state index >= 15 is 0 Å². The van der Waals surface area contributed by atoms with E-state index in [1.807, 2.05) is 24.3 Å². The number of carbonyl (C=O) groups excluding carboxylic acids is 1. The molecule has 0 aliphatic carbocycles. The first-order valence-corrected chi connectivity index (χ1v) is 10.3. The van der Waals surface area contributed by atoms with Crippen LogP contribution in [0.15, 0.2) is 71.6 Å². The van der Waals surface area contributed by atoms with Crippen LogP contribution >= 0.6 is 0 Å². The van der Waals surface area contributed by atoms with E-state index in [-0.39, 0.29) is 17.3 Å². The van der Waals surface area contributed by atoms with Crippen LogP contribution in [-0.4, -0.2) is 38.8 Å². The summed E-state index contributed by atoms with van der Waals surface area (Å²) in [6.07, 6.45) is 0. The molecule has 0 N–H and O–H groups in total. The lowest BCUT2D eigenvalue weighted by Crippen LogP contribution is -2.41. The molecule has 0 saturated carbocycles. The summed E-state index contributed by atoms with van der Waals surface area (Å²) in [6, 6.07) is 17.9. The minimum Gasteiger partial charge on any atom is -0.312 e. The lowest BCUT2D eigenvalue weighted by Gasteiger charge is -2.24. The molecule has 0 aliphatic rings. The van der Waals surface area contributed by atoms with Crippen LogP contribution in [0.3, 0.4) is 0 Å². The van der Waals surface area contributed by atoms with E-state index in [0.717, 1.165) is 15.1 Å². The van der Waals surface area contributed by atoms with E-state index in [9.17, 15) is 17.6 Å². The molecule has 0 bridgehead atoms. The van der Waals surface area contributed by atoms with Crippen LogP contribution in [0.2, 0.25) is 0 Å². The van der Waals surface area contributed by atoms with Crippen molar-refractivity contribution in [2.45, 2.75) is 11.8 Å². The Morgan fingerprint density at radius 2 is 1.61 bits per heavy atom. The molecule has 0 fully saturated rings. The Morgan fingerprint density at radius 1 is 0.964 bits per heavy atom. The van der Waals surface area contributed by atoms with Crippen molar-refractivity contribution < 1.29 is 17.6 Å². The zero-order chi connectivity index (χ0) is 20.3. The van der Waals surface area contributed by atoms with Crippen molar-refractivity contribution in [2.24, 2.45) is 0 Å². The lowest BCUT2D eigenvalue weighted by molar-refractivity contribution is -0.118. The van der Waals surface area contributed by atoms with Gasteiger partial charge in [-0.1, -0.05) is 30.3 Å². The molecular weight excluding hydrogens is 379 g/mol. The van der Waals surface area contributed by atoms with Crippen molar-refractivity contribution in [3.63, 3.8) is 0 Å². The van der Waals surface area contributed by atoms with E-state index in [1.165, 1.54) is 42.3 Å². The number of amides is 1. The van der Waals surface area contributed by atoms with Gasteiger partial charge in [0.15, 0.2) is 0 Å². The van der Waals surface area contributed by atoms with Gasteiger partial charge in [-0.15, -0.1) is 0 Å². The molecule has 0 aliphatic heterocycles. The quantitative estimate of drug-likeness (QED) is 0.635. The molecule has 146 valence electrons. The molecule has 0 spiro atoms. The maximum Gasteiger partial charge on any atom is 0.243 e. The van der Waals surface area contributed by atoms with Crippen LogP contribution in [0.1, 0.15) is 6.92 Å². The van der Waals surface area contributed by atoms with Gasteiger partial charge in [-0.25, -0.2) is 12.8 Å². The van der Waals surface area contributed by atoms with E-state index in [1.54, 1.807) is 19.1 Å². The first-order valence-electron chi connectivity index (χ1n) is 8.84.